The van der Waals surface area contributed by atoms with Crippen LogP contribution in [-0.4, -0.2) is 54.2 Å². The van der Waals surface area contributed by atoms with Crippen molar-refractivity contribution in [1.29, 1.82) is 0 Å². The van der Waals surface area contributed by atoms with Crippen molar-refractivity contribution in [3.8, 4) is 11.5 Å². The van der Waals surface area contributed by atoms with Crippen LogP contribution >= 0.6 is 0 Å². The summed E-state index contributed by atoms with van der Waals surface area (Å²) in [5.74, 6) is -0.655. The number of carbonyl (C=O) groups excluding carboxylic acids is 2. The lowest BCUT2D eigenvalue weighted by atomic mass is 10.2. The van der Waals surface area contributed by atoms with Gasteiger partial charge in [0, 0.05) is 13.1 Å². The highest BCUT2D eigenvalue weighted by molar-refractivity contribution is 6.08. The molecule has 1 fully saturated rings. The van der Waals surface area contributed by atoms with Crippen LogP contribution in [0.5, 0.6) is 0 Å². The first kappa shape index (κ1) is 23.6. The summed E-state index contributed by atoms with van der Waals surface area (Å²) >= 11 is 0. The summed E-state index contributed by atoms with van der Waals surface area (Å²) in [5, 5.41) is 10.8. The molecule has 0 aliphatic carbocycles. The van der Waals surface area contributed by atoms with E-state index in [1.54, 1.807) is 18.7 Å². The number of carbonyl (C=O) groups is 2. The molecule has 36 heavy (non-hydrogen) atoms. The molecular formula is C23H22F3N7O3. The lowest BCUT2D eigenvalue weighted by Crippen LogP contribution is -2.31. The molecule has 1 aliphatic rings. The number of hydrogen-bond acceptors (Lipinski definition) is 6. The van der Waals surface area contributed by atoms with Gasteiger partial charge >= 0.3 is 6.18 Å². The fraction of sp³-hybridized carbons (Fsp3) is 0.348. The topological polar surface area (TPSA) is 111 Å². The second kappa shape index (κ2) is 8.81. The summed E-state index contributed by atoms with van der Waals surface area (Å²) in [6.45, 7) is 4.83. The van der Waals surface area contributed by atoms with Gasteiger partial charge in [0.1, 0.15) is 17.8 Å². The largest absolute Gasteiger partial charge is 0.463 e. The van der Waals surface area contributed by atoms with Crippen molar-refractivity contribution >= 4 is 23.1 Å². The molecule has 10 nitrogen and oxygen atoms in total. The SMILES string of the molecule is Cc1nn(CC(=O)N2CCCC2)c(C)c1NC(=O)c1cnn2c(C(F)(F)F)cc(-c3ccco3)nc12. The minimum atomic E-state index is -4.75. The Balaban J connectivity index is 1.47. The average molecular weight is 501 g/mol. The molecule has 2 amide bonds. The quantitative estimate of drug-likeness (QED) is 0.447. The number of aryl methyl sites for hydroxylation is 1. The van der Waals surface area contributed by atoms with Crippen molar-refractivity contribution < 1.29 is 27.2 Å². The van der Waals surface area contributed by atoms with Gasteiger partial charge in [0.05, 0.1) is 29.5 Å². The first-order valence-corrected chi connectivity index (χ1v) is 11.3. The minimum absolute atomic E-state index is 0.0300. The summed E-state index contributed by atoms with van der Waals surface area (Å²) in [7, 11) is 0. The smallest absolute Gasteiger partial charge is 0.433 e. The molecule has 4 aromatic rings. The molecule has 1 aliphatic heterocycles. The van der Waals surface area contributed by atoms with Crippen LogP contribution in [-0.2, 0) is 17.5 Å². The van der Waals surface area contributed by atoms with E-state index in [9.17, 15) is 22.8 Å². The number of rotatable bonds is 5. The van der Waals surface area contributed by atoms with Crippen molar-refractivity contribution in [1.82, 2.24) is 29.3 Å². The van der Waals surface area contributed by atoms with Crippen molar-refractivity contribution in [3.05, 3.63) is 53.3 Å². The van der Waals surface area contributed by atoms with Gasteiger partial charge < -0.3 is 14.6 Å². The molecule has 0 unspecified atom stereocenters. The number of fused-ring (bicyclic) bond motifs is 1. The Labute approximate surface area is 202 Å². The number of likely N-dealkylation sites (tertiary alicyclic amines) is 1. The first-order valence-electron chi connectivity index (χ1n) is 11.3. The van der Waals surface area contributed by atoms with E-state index in [-0.39, 0.29) is 35.1 Å². The van der Waals surface area contributed by atoms with Gasteiger partial charge in [-0.3, -0.25) is 14.3 Å². The minimum Gasteiger partial charge on any atom is -0.463 e. The second-order valence-electron chi connectivity index (χ2n) is 8.54. The Hall–Kier alpha value is -4.16. The highest BCUT2D eigenvalue weighted by Gasteiger charge is 2.36. The number of amides is 2. The van der Waals surface area contributed by atoms with E-state index in [0.717, 1.165) is 25.1 Å². The maximum Gasteiger partial charge on any atom is 0.433 e. The van der Waals surface area contributed by atoms with Crippen LogP contribution in [0.4, 0.5) is 18.9 Å². The number of alkyl halides is 3. The Kier molecular flexibility index (Phi) is 5.77. The van der Waals surface area contributed by atoms with Crippen LogP contribution in [0.15, 0.2) is 35.1 Å². The van der Waals surface area contributed by atoms with Crippen molar-refractivity contribution in [3.63, 3.8) is 0 Å². The molecule has 5 rings (SSSR count). The predicted molar refractivity (Wildman–Crippen MR) is 121 cm³/mol. The van der Waals surface area contributed by atoms with Crippen molar-refractivity contribution in [2.75, 3.05) is 18.4 Å². The number of nitrogens with one attached hydrogen (secondary N) is 1. The van der Waals surface area contributed by atoms with E-state index in [1.165, 1.54) is 23.1 Å². The molecule has 4 aromatic heterocycles. The summed E-state index contributed by atoms with van der Waals surface area (Å²) in [6.07, 6.45) is -0.468. The molecule has 0 aromatic carbocycles. The first-order chi connectivity index (χ1) is 17.1. The van der Waals surface area contributed by atoms with E-state index < -0.39 is 17.8 Å². The Morgan fingerprint density at radius 1 is 1.19 bits per heavy atom. The van der Waals surface area contributed by atoms with Gasteiger partial charge in [-0.1, -0.05) is 0 Å². The van der Waals surface area contributed by atoms with Crippen LogP contribution in [0, 0.1) is 13.8 Å². The lowest BCUT2D eigenvalue weighted by Gasteiger charge is -2.15. The predicted octanol–water partition coefficient (Wildman–Crippen LogP) is 3.70. The van der Waals surface area contributed by atoms with E-state index in [1.807, 2.05) is 0 Å². The molecule has 1 saturated heterocycles. The van der Waals surface area contributed by atoms with Gasteiger partial charge in [-0.05, 0) is 44.9 Å². The van der Waals surface area contributed by atoms with Gasteiger partial charge in [-0.15, -0.1) is 0 Å². The van der Waals surface area contributed by atoms with Gasteiger partial charge in [0.25, 0.3) is 5.91 Å². The second-order valence-corrected chi connectivity index (χ2v) is 8.54. The number of aromatic nitrogens is 5. The zero-order valence-electron chi connectivity index (χ0n) is 19.5. The Morgan fingerprint density at radius 3 is 2.61 bits per heavy atom. The van der Waals surface area contributed by atoms with E-state index >= 15 is 0 Å². The summed E-state index contributed by atoms with van der Waals surface area (Å²) in [6, 6.07) is 3.81. The molecule has 0 bridgehead atoms. The van der Waals surface area contributed by atoms with Crippen molar-refractivity contribution in [2.24, 2.45) is 0 Å². The molecule has 0 saturated carbocycles. The molecule has 188 valence electrons. The standard InChI is InChI=1S/C23H22F3N7O3/c1-13-20(14(2)32(30-13)12-19(34)31-7-3-4-8-31)29-22(35)15-11-27-33-18(23(24,25)26)10-16(28-21(15)33)17-6-5-9-36-17/h5-6,9-11H,3-4,7-8,12H2,1-2H3,(H,29,35). The van der Waals surface area contributed by atoms with E-state index in [0.29, 0.717) is 34.7 Å². The van der Waals surface area contributed by atoms with Crippen LogP contribution in [0.1, 0.15) is 40.3 Å². The third-order valence-corrected chi connectivity index (χ3v) is 6.14. The van der Waals surface area contributed by atoms with E-state index in [2.05, 4.69) is 20.5 Å². The number of furan rings is 1. The van der Waals surface area contributed by atoms with Crippen LogP contribution in [0.25, 0.3) is 17.1 Å². The number of halogens is 3. The maximum absolute atomic E-state index is 13.8. The molecule has 0 spiro atoms. The van der Waals surface area contributed by atoms with Crippen LogP contribution < -0.4 is 5.32 Å². The molecule has 0 radical (unpaired) electrons. The zero-order chi connectivity index (χ0) is 25.6. The van der Waals surface area contributed by atoms with Crippen molar-refractivity contribution in [2.45, 2.75) is 39.4 Å². The fourth-order valence-corrected chi connectivity index (χ4v) is 4.28. The molecule has 13 heteroatoms. The van der Waals surface area contributed by atoms with Gasteiger partial charge in [0.2, 0.25) is 5.91 Å². The lowest BCUT2D eigenvalue weighted by molar-refractivity contribution is -0.142. The maximum atomic E-state index is 13.8. The highest BCUT2D eigenvalue weighted by atomic mass is 19.4. The van der Waals surface area contributed by atoms with Crippen LogP contribution in [0.2, 0.25) is 0 Å². The number of hydrogen-bond donors (Lipinski definition) is 1. The van der Waals surface area contributed by atoms with Gasteiger partial charge in [-0.25, -0.2) is 9.50 Å². The summed E-state index contributed by atoms with van der Waals surface area (Å²) in [5.41, 5.74) is -0.244. The Bertz CT molecular complexity index is 1450. The fourth-order valence-electron chi connectivity index (χ4n) is 4.28. The zero-order valence-corrected chi connectivity index (χ0v) is 19.5. The molecular weight excluding hydrogens is 479 g/mol. The third-order valence-electron chi connectivity index (χ3n) is 6.14. The van der Waals surface area contributed by atoms with Gasteiger partial charge in [0.15, 0.2) is 17.1 Å². The highest BCUT2D eigenvalue weighted by Crippen LogP contribution is 2.33. The molecule has 0 atom stereocenters. The summed E-state index contributed by atoms with van der Waals surface area (Å²) in [4.78, 5) is 31.7. The average Bonchev–Trinajstić information content (AvgIpc) is 3.63. The number of nitrogens with zero attached hydrogens (tertiary/aromatic N) is 6. The van der Waals surface area contributed by atoms with Crippen LogP contribution in [0.3, 0.4) is 0 Å². The monoisotopic (exact) mass is 501 g/mol. The molecule has 5 heterocycles. The number of anilines is 1. The van der Waals surface area contributed by atoms with Gasteiger partial charge in [-0.2, -0.15) is 23.4 Å². The third kappa shape index (κ3) is 4.20. The van der Waals surface area contributed by atoms with E-state index in [4.69, 9.17) is 4.42 Å². The molecule has 1 N–H and O–H groups in total. The Morgan fingerprint density at radius 2 is 1.94 bits per heavy atom. The normalized spacial score (nSPS) is 14.1. The summed E-state index contributed by atoms with van der Waals surface area (Å²) < 4.78 is 48.6.